The van der Waals surface area contributed by atoms with E-state index in [2.05, 4.69) is 5.32 Å². The molecule has 21 heavy (non-hydrogen) atoms. The van der Waals surface area contributed by atoms with Crippen molar-refractivity contribution in [2.24, 2.45) is 0 Å². The van der Waals surface area contributed by atoms with E-state index in [0.717, 1.165) is 6.07 Å². The topological polar surface area (TPSA) is 88.1 Å². The van der Waals surface area contributed by atoms with E-state index in [9.17, 15) is 9.18 Å². The average molecular weight is 285 g/mol. The number of nitrogens with two attached hydrogens (primary N) is 1. The largest absolute Gasteiger partial charge is 0.481 e. The lowest BCUT2D eigenvalue weighted by atomic mass is 10.2. The van der Waals surface area contributed by atoms with E-state index in [0.29, 0.717) is 11.4 Å². The molecule has 0 heterocycles. The Kier molecular flexibility index (Phi) is 4.36. The van der Waals surface area contributed by atoms with Gasteiger partial charge in [0, 0.05) is 11.4 Å². The number of benzene rings is 2. The Labute approximate surface area is 120 Å². The third-order valence-corrected chi connectivity index (χ3v) is 2.61. The van der Waals surface area contributed by atoms with Crippen LogP contribution >= 0.6 is 0 Å². The quantitative estimate of drug-likeness (QED) is 0.844. The number of nitriles is 1. The van der Waals surface area contributed by atoms with E-state index >= 15 is 0 Å². The summed E-state index contributed by atoms with van der Waals surface area (Å²) in [6.45, 7) is -0.340. The van der Waals surface area contributed by atoms with Crippen LogP contribution in [0.25, 0.3) is 0 Å². The molecule has 0 radical (unpaired) electrons. The van der Waals surface area contributed by atoms with Gasteiger partial charge < -0.3 is 15.8 Å². The summed E-state index contributed by atoms with van der Waals surface area (Å²) in [5, 5.41) is 11.2. The van der Waals surface area contributed by atoms with Crippen LogP contribution in [0.5, 0.6) is 5.75 Å². The SMILES string of the molecule is N#Cc1ccc(OCC(=O)Nc2ccc(N)cc2)c(F)c1. The summed E-state index contributed by atoms with van der Waals surface area (Å²) in [5.41, 5.74) is 6.87. The lowest BCUT2D eigenvalue weighted by Gasteiger charge is -2.08. The highest BCUT2D eigenvalue weighted by atomic mass is 19.1. The van der Waals surface area contributed by atoms with Crippen LogP contribution in [0.2, 0.25) is 0 Å². The minimum Gasteiger partial charge on any atom is -0.481 e. The van der Waals surface area contributed by atoms with Gasteiger partial charge in [0.25, 0.3) is 5.91 Å². The van der Waals surface area contributed by atoms with Crippen molar-refractivity contribution in [3.05, 3.63) is 53.8 Å². The van der Waals surface area contributed by atoms with Gasteiger partial charge in [0.15, 0.2) is 18.2 Å². The first-order valence-corrected chi connectivity index (χ1v) is 6.06. The molecule has 2 aromatic rings. The van der Waals surface area contributed by atoms with E-state index in [1.54, 1.807) is 24.3 Å². The fourth-order valence-corrected chi connectivity index (χ4v) is 1.59. The van der Waals surface area contributed by atoms with Crippen LogP contribution in [0.15, 0.2) is 42.5 Å². The Morgan fingerprint density at radius 2 is 2.00 bits per heavy atom. The highest BCUT2D eigenvalue weighted by molar-refractivity contribution is 5.92. The minimum absolute atomic E-state index is 0.0820. The maximum absolute atomic E-state index is 13.5. The minimum atomic E-state index is -0.686. The van der Waals surface area contributed by atoms with Crippen LogP contribution in [-0.2, 0) is 4.79 Å². The number of halogens is 1. The van der Waals surface area contributed by atoms with Crippen molar-refractivity contribution in [2.45, 2.75) is 0 Å². The molecule has 5 nitrogen and oxygen atoms in total. The Balaban J connectivity index is 1.92. The summed E-state index contributed by atoms with van der Waals surface area (Å²) in [6, 6.07) is 12.2. The predicted octanol–water partition coefficient (Wildman–Crippen LogP) is 2.30. The smallest absolute Gasteiger partial charge is 0.262 e. The molecule has 0 aromatic heterocycles. The molecule has 0 unspecified atom stereocenters. The molecule has 1 amide bonds. The highest BCUT2D eigenvalue weighted by Gasteiger charge is 2.08. The number of carbonyl (C=O) groups excluding carboxylic acids is 1. The molecule has 0 spiro atoms. The molecule has 0 saturated heterocycles. The second-order valence-electron chi connectivity index (χ2n) is 4.22. The summed E-state index contributed by atoms with van der Waals surface area (Å²) in [7, 11) is 0. The zero-order chi connectivity index (χ0) is 15.2. The van der Waals surface area contributed by atoms with Gasteiger partial charge in [-0.3, -0.25) is 4.79 Å². The van der Waals surface area contributed by atoms with Gasteiger partial charge in [-0.1, -0.05) is 0 Å². The fraction of sp³-hybridized carbons (Fsp3) is 0.0667. The number of ether oxygens (including phenoxy) is 1. The van der Waals surface area contributed by atoms with Crippen molar-refractivity contribution in [3.8, 4) is 11.8 Å². The van der Waals surface area contributed by atoms with Crippen molar-refractivity contribution in [2.75, 3.05) is 17.7 Å². The second-order valence-corrected chi connectivity index (χ2v) is 4.22. The molecule has 0 bridgehead atoms. The summed E-state index contributed by atoms with van der Waals surface area (Å²) in [6.07, 6.45) is 0. The summed E-state index contributed by atoms with van der Waals surface area (Å²) >= 11 is 0. The molecule has 2 aromatic carbocycles. The lowest BCUT2D eigenvalue weighted by molar-refractivity contribution is -0.118. The van der Waals surface area contributed by atoms with Gasteiger partial charge in [0.05, 0.1) is 11.6 Å². The zero-order valence-corrected chi connectivity index (χ0v) is 11.0. The van der Waals surface area contributed by atoms with Crippen LogP contribution < -0.4 is 15.8 Å². The second kappa shape index (κ2) is 6.39. The van der Waals surface area contributed by atoms with E-state index < -0.39 is 11.7 Å². The standard InChI is InChI=1S/C15H12FN3O2/c16-13-7-10(8-17)1-6-14(13)21-9-15(20)19-12-4-2-11(18)3-5-12/h1-7H,9,18H2,(H,19,20). The fourth-order valence-electron chi connectivity index (χ4n) is 1.59. The van der Waals surface area contributed by atoms with Crippen molar-refractivity contribution >= 4 is 17.3 Å². The number of nitrogen functional groups attached to an aromatic ring is 1. The van der Waals surface area contributed by atoms with Gasteiger partial charge in [0.1, 0.15) is 0 Å². The van der Waals surface area contributed by atoms with Crippen molar-refractivity contribution in [3.63, 3.8) is 0 Å². The average Bonchev–Trinajstić information content (AvgIpc) is 2.48. The molecule has 0 aliphatic rings. The lowest BCUT2D eigenvalue weighted by Crippen LogP contribution is -2.20. The number of nitrogens with zero attached hydrogens (tertiary/aromatic N) is 1. The third-order valence-electron chi connectivity index (χ3n) is 2.61. The number of hydrogen-bond donors (Lipinski definition) is 2. The first kappa shape index (κ1) is 14.3. The van der Waals surface area contributed by atoms with Crippen molar-refractivity contribution in [1.82, 2.24) is 0 Å². The van der Waals surface area contributed by atoms with Crippen LogP contribution in [0.3, 0.4) is 0 Å². The molecule has 0 atom stereocenters. The number of rotatable bonds is 4. The highest BCUT2D eigenvalue weighted by Crippen LogP contribution is 2.18. The van der Waals surface area contributed by atoms with Crippen LogP contribution in [0, 0.1) is 17.1 Å². The number of nitrogens with one attached hydrogen (secondary N) is 1. The van der Waals surface area contributed by atoms with Gasteiger partial charge in [0.2, 0.25) is 0 Å². The van der Waals surface area contributed by atoms with Crippen molar-refractivity contribution < 1.29 is 13.9 Å². The maximum Gasteiger partial charge on any atom is 0.262 e. The number of amides is 1. The number of carbonyl (C=O) groups is 1. The van der Waals surface area contributed by atoms with E-state index in [4.69, 9.17) is 15.7 Å². The van der Waals surface area contributed by atoms with Gasteiger partial charge in [-0.2, -0.15) is 5.26 Å². The van der Waals surface area contributed by atoms with Gasteiger partial charge in [-0.15, -0.1) is 0 Å². The first-order chi connectivity index (χ1) is 10.1. The molecule has 0 aliphatic carbocycles. The van der Waals surface area contributed by atoms with E-state index in [1.807, 2.05) is 6.07 Å². The number of hydrogen-bond acceptors (Lipinski definition) is 4. The Hall–Kier alpha value is -3.07. The maximum atomic E-state index is 13.5. The molecule has 0 fully saturated rings. The van der Waals surface area contributed by atoms with E-state index in [-0.39, 0.29) is 17.9 Å². The monoisotopic (exact) mass is 285 g/mol. The first-order valence-electron chi connectivity index (χ1n) is 6.06. The molecule has 2 rings (SSSR count). The van der Waals surface area contributed by atoms with Crippen LogP contribution in [0.4, 0.5) is 15.8 Å². The van der Waals surface area contributed by atoms with Gasteiger partial charge in [-0.05, 0) is 42.5 Å². The molecular weight excluding hydrogens is 273 g/mol. The number of anilines is 2. The van der Waals surface area contributed by atoms with Gasteiger partial charge in [-0.25, -0.2) is 4.39 Å². The summed E-state index contributed by atoms with van der Waals surface area (Å²) in [4.78, 5) is 11.7. The predicted molar refractivity (Wildman–Crippen MR) is 76.1 cm³/mol. The van der Waals surface area contributed by atoms with Gasteiger partial charge >= 0.3 is 0 Å². The van der Waals surface area contributed by atoms with Crippen LogP contribution in [0.1, 0.15) is 5.56 Å². The zero-order valence-electron chi connectivity index (χ0n) is 11.0. The summed E-state index contributed by atoms with van der Waals surface area (Å²) in [5.74, 6) is -1.20. The molecule has 6 heteroatoms. The van der Waals surface area contributed by atoms with Crippen molar-refractivity contribution in [1.29, 1.82) is 5.26 Å². The summed E-state index contributed by atoms with van der Waals surface area (Å²) < 4.78 is 18.6. The third kappa shape index (κ3) is 3.94. The van der Waals surface area contributed by atoms with Crippen LogP contribution in [-0.4, -0.2) is 12.5 Å². The molecule has 106 valence electrons. The molecule has 0 saturated carbocycles. The molecule has 3 N–H and O–H groups in total. The normalized spacial score (nSPS) is 9.71. The Bertz CT molecular complexity index is 693. The molecular formula is C15H12FN3O2. The molecule has 0 aliphatic heterocycles. The Morgan fingerprint density at radius 3 is 2.62 bits per heavy atom. The Morgan fingerprint density at radius 1 is 1.29 bits per heavy atom. The van der Waals surface area contributed by atoms with E-state index in [1.165, 1.54) is 12.1 Å².